The number of amides is 2. The van der Waals surface area contributed by atoms with E-state index in [1.54, 1.807) is 26.0 Å². The van der Waals surface area contributed by atoms with E-state index in [2.05, 4.69) is 5.32 Å². The molecule has 10 heteroatoms. The van der Waals surface area contributed by atoms with E-state index in [1.807, 2.05) is 0 Å². The van der Waals surface area contributed by atoms with Gasteiger partial charge in [-0.1, -0.05) is 13.8 Å². The van der Waals surface area contributed by atoms with Crippen molar-refractivity contribution in [3.8, 4) is 0 Å². The molecule has 1 heterocycles. The van der Waals surface area contributed by atoms with Gasteiger partial charge in [-0.3, -0.25) is 4.79 Å². The molecule has 0 fully saturated rings. The standard InChI is InChI=1S/C15H25N3O5S2/c1-4-18(5-2)25(22,23)14-7-6-12(24-14)8-10-16-15(21)17(3)11-9-13(19)20/h6-7H,4-5,8-11H2,1-3H3,(H,16,21)(H,19,20). The summed E-state index contributed by atoms with van der Waals surface area (Å²) < 4.78 is 26.5. The first-order chi connectivity index (χ1) is 11.7. The van der Waals surface area contributed by atoms with Gasteiger partial charge in [0.2, 0.25) is 0 Å². The van der Waals surface area contributed by atoms with Crippen LogP contribution in [0.2, 0.25) is 0 Å². The molecule has 2 N–H and O–H groups in total. The van der Waals surface area contributed by atoms with Crippen LogP contribution in [0.5, 0.6) is 0 Å². The first-order valence-corrected chi connectivity index (χ1v) is 10.3. The lowest BCUT2D eigenvalue weighted by Crippen LogP contribution is -2.39. The van der Waals surface area contributed by atoms with Crippen LogP contribution in [0.1, 0.15) is 25.1 Å². The molecule has 1 aromatic rings. The number of nitrogens with zero attached hydrogens (tertiary/aromatic N) is 2. The molecule has 0 saturated heterocycles. The van der Waals surface area contributed by atoms with Crippen LogP contribution in [0.25, 0.3) is 0 Å². The molecule has 142 valence electrons. The van der Waals surface area contributed by atoms with Crippen molar-refractivity contribution in [1.82, 2.24) is 14.5 Å². The first-order valence-electron chi connectivity index (χ1n) is 8.02. The quantitative estimate of drug-likeness (QED) is 0.627. The Morgan fingerprint density at radius 3 is 2.44 bits per heavy atom. The number of carbonyl (C=O) groups is 2. The van der Waals surface area contributed by atoms with Gasteiger partial charge in [0.15, 0.2) is 0 Å². The molecule has 0 aliphatic rings. The van der Waals surface area contributed by atoms with E-state index in [4.69, 9.17) is 5.11 Å². The Labute approximate surface area is 152 Å². The molecule has 0 radical (unpaired) electrons. The molecule has 0 aliphatic carbocycles. The number of carbonyl (C=O) groups excluding carboxylic acids is 1. The van der Waals surface area contributed by atoms with Crippen LogP contribution in [0.4, 0.5) is 4.79 Å². The molecule has 25 heavy (non-hydrogen) atoms. The van der Waals surface area contributed by atoms with Crippen LogP contribution < -0.4 is 5.32 Å². The molecule has 0 aromatic carbocycles. The van der Waals surface area contributed by atoms with Crippen LogP contribution >= 0.6 is 11.3 Å². The van der Waals surface area contributed by atoms with E-state index in [9.17, 15) is 18.0 Å². The number of sulfonamides is 1. The lowest BCUT2D eigenvalue weighted by atomic mass is 10.3. The molecular weight excluding hydrogens is 366 g/mol. The summed E-state index contributed by atoms with van der Waals surface area (Å²) in [6.45, 7) is 4.92. The molecule has 0 saturated carbocycles. The second-order valence-electron chi connectivity index (χ2n) is 5.36. The fourth-order valence-corrected chi connectivity index (χ4v) is 5.08. The molecule has 0 aliphatic heterocycles. The lowest BCUT2D eigenvalue weighted by molar-refractivity contribution is -0.137. The largest absolute Gasteiger partial charge is 0.481 e. The number of thiophene rings is 1. The second-order valence-corrected chi connectivity index (χ2v) is 8.69. The van der Waals surface area contributed by atoms with Crippen LogP contribution in [-0.4, -0.2) is 68.0 Å². The third-order valence-corrected chi connectivity index (χ3v) is 7.25. The zero-order chi connectivity index (χ0) is 19.0. The van der Waals surface area contributed by atoms with Gasteiger partial charge >= 0.3 is 12.0 Å². The first kappa shape index (κ1) is 21.4. The average molecular weight is 392 g/mol. The van der Waals surface area contributed by atoms with Gasteiger partial charge in [-0.2, -0.15) is 4.31 Å². The minimum absolute atomic E-state index is 0.110. The van der Waals surface area contributed by atoms with Crippen LogP contribution in [-0.2, 0) is 21.2 Å². The number of rotatable bonds is 10. The highest BCUT2D eigenvalue weighted by molar-refractivity contribution is 7.91. The average Bonchev–Trinajstić information content (AvgIpc) is 3.03. The SMILES string of the molecule is CCN(CC)S(=O)(=O)c1ccc(CCNC(=O)N(C)CCC(=O)O)s1. The Kier molecular flexibility index (Phi) is 8.33. The number of aliphatic carboxylic acids is 1. The lowest BCUT2D eigenvalue weighted by Gasteiger charge is -2.17. The van der Waals surface area contributed by atoms with Gasteiger partial charge in [0.1, 0.15) is 4.21 Å². The normalized spacial score (nSPS) is 11.5. The molecule has 2 amide bonds. The summed E-state index contributed by atoms with van der Waals surface area (Å²) in [5.41, 5.74) is 0. The van der Waals surface area contributed by atoms with Gasteiger partial charge in [-0.15, -0.1) is 11.3 Å². The maximum absolute atomic E-state index is 12.4. The fourth-order valence-electron chi connectivity index (χ4n) is 2.11. The third kappa shape index (κ3) is 6.29. The topological polar surface area (TPSA) is 107 Å². The number of hydrogen-bond acceptors (Lipinski definition) is 5. The summed E-state index contributed by atoms with van der Waals surface area (Å²) in [7, 11) is -1.92. The van der Waals surface area contributed by atoms with E-state index in [1.165, 1.54) is 27.6 Å². The Morgan fingerprint density at radius 1 is 1.24 bits per heavy atom. The molecule has 0 unspecified atom stereocenters. The summed E-state index contributed by atoms with van der Waals surface area (Å²) in [4.78, 5) is 24.5. The molecule has 1 rings (SSSR count). The van der Waals surface area contributed by atoms with Crippen LogP contribution in [0.3, 0.4) is 0 Å². The van der Waals surface area contributed by atoms with Crippen molar-refractivity contribution < 1.29 is 23.1 Å². The Balaban J connectivity index is 2.54. The smallest absolute Gasteiger partial charge is 0.317 e. The van der Waals surface area contributed by atoms with E-state index in [-0.39, 0.29) is 19.0 Å². The summed E-state index contributed by atoms with van der Waals surface area (Å²) in [5.74, 6) is -0.958. The minimum atomic E-state index is -3.45. The molecule has 1 aromatic heterocycles. The van der Waals surface area contributed by atoms with Gasteiger partial charge in [0, 0.05) is 38.1 Å². The van der Waals surface area contributed by atoms with Crippen molar-refractivity contribution in [3.63, 3.8) is 0 Å². The zero-order valence-electron chi connectivity index (χ0n) is 14.7. The highest BCUT2D eigenvalue weighted by Crippen LogP contribution is 2.25. The van der Waals surface area contributed by atoms with Crippen molar-refractivity contribution in [2.75, 3.05) is 33.2 Å². The monoisotopic (exact) mass is 391 g/mol. The molecular formula is C15H25N3O5S2. The van der Waals surface area contributed by atoms with E-state index in [0.29, 0.717) is 30.3 Å². The van der Waals surface area contributed by atoms with Crippen molar-refractivity contribution in [3.05, 3.63) is 17.0 Å². The maximum Gasteiger partial charge on any atom is 0.317 e. The number of carboxylic acids is 1. The Morgan fingerprint density at radius 2 is 1.88 bits per heavy atom. The third-order valence-electron chi connectivity index (χ3n) is 3.59. The number of carboxylic acid groups (broad SMARTS) is 1. The van der Waals surface area contributed by atoms with Gasteiger partial charge in [0.05, 0.1) is 6.42 Å². The van der Waals surface area contributed by atoms with Crippen LogP contribution in [0, 0.1) is 0 Å². The number of nitrogens with one attached hydrogen (secondary N) is 1. The summed E-state index contributed by atoms with van der Waals surface area (Å²) in [6, 6.07) is 2.99. The molecule has 8 nitrogen and oxygen atoms in total. The highest BCUT2D eigenvalue weighted by atomic mass is 32.2. The predicted molar refractivity (Wildman–Crippen MR) is 96.4 cm³/mol. The van der Waals surface area contributed by atoms with Crippen molar-refractivity contribution in [1.29, 1.82) is 0 Å². The van der Waals surface area contributed by atoms with Crippen molar-refractivity contribution in [2.45, 2.75) is 30.9 Å². The van der Waals surface area contributed by atoms with Crippen LogP contribution in [0.15, 0.2) is 16.3 Å². The van der Waals surface area contributed by atoms with E-state index in [0.717, 1.165) is 4.88 Å². The number of urea groups is 1. The molecule has 0 spiro atoms. The van der Waals surface area contributed by atoms with Gasteiger partial charge in [-0.05, 0) is 18.6 Å². The second kappa shape index (κ2) is 9.73. The number of hydrogen-bond donors (Lipinski definition) is 2. The van der Waals surface area contributed by atoms with E-state index < -0.39 is 16.0 Å². The van der Waals surface area contributed by atoms with Gasteiger partial charge in [0.25, 0.3) is 10.0 Å². The van der Waals surface area contributed by atoms with Gasteiger partial charge < -0.3 is 15.3 Å². The Hall–Kier alpha value is -1.65. The summed E-state index contributed by atoms with van der Waals surface area (Å²) in [6.07, 6.45) is 0.401. The summed E-state index contributed by atoms with van der Waals surface area (Å²) in [5, 5.41) is 11.3. The predicted octanol–water partition coefficient (Wildman–Crippen LogP) is 1.44. The Bertz CT molecular complexity index is 683. The summed E-state index contributed by atoms with van der Waals surface area (Å²) >= 11 is 1.20. The minimum Gasteiger partial charge on any atom is -0.481 e. The zero-order valence-corrected chi connectivity index (χ0v) is 16.3. The highest BCUT2D eigenvalue weighted by Gasteiger charge is 2.23. The fraction of sp³-hybridized carbons (Fsp3) is 0.600. The van der Waals surface area contributed by atoms with Crippen molar-refractivity contribution in [2.24, 2.45) is 0 Å². The molecule has 0 atom stereocenters. The van der Waals surface area contributed by atoms with Crippen molar-refractivity contribution >= 4 is 33.4 Å². The molecule has 0 bridgehead atoms. The van der Waals surface area contributed by atoms with Gasteiger partial charge in [-0.25, -0.2) is 13.2 Å². The van der Waals surface area contributed by atoms with E-state index >= 15 is 0 Å². The maximum atomic E-state index is 12.4.